The Bertz CT molecular complexity index is 3970. The van der Waals surface area contributed by atoms with Crippen molar-refractivity contribution in [2.45, 2.75) is 0 Å². The van der Waals surface area contributed by atoms with Crippen molar-refractivity contribution in [2.24, 2.45) is 0 Å². The number of nitrogens with zero attached hydrogens (tertiary/aromatic N) is 1. The van der Waals surface area contributed by atoms with E-state index in [0.717, 1.165) is 61.3 Å². The molecule has 13 aromatic rings. The van der Waals surface area contributed by atoms with Gasteiger partial charge in [0.1, 0.15) is 11.2 Å². The van der Waals surface area contributed by atoms with Crippen molar-refractivity contribution >= 4 is 82.1 Å². The molecule has 2 nitrogen and oxygen atoms in total. The van der Waals surface area contributed by atoms with Gasteiger partial charge in [0, 0.05) is 27.7 Å². The van der Waals surface area contributed by atoms with Crippen LogP contribution in [0.15, 0.2) is 253 Å². The number of rotatable bonds is 7. The third-order valence-corrected chi connectivity index (χ3v) is 13.5. The van der Waals surface area contributed by atoms with Gasteiger partial charge in [-0.05, 0) is 137 Å². The van der Waals surface area contributed by atoms with Gasteiger partial charge >= 0.3 is 0 Å². The van der Waals surface area contributed by atoms with Crippen LogP contribution in [0.1, 0.15) is 0 Å². The van der Waals surface area contributed by atoms with Crippen LogP contribution in [0.4, 0.5) is 17.1 Å². The number of fused-ring (bicyclic) bond motifs is 9. The fourth-order valence-corrected chi connectivity index (χ4v) is 10.2. The number of hydrogen-bond donors (Lipinski definition) is 0. The molecule has 1 heterocycles. The first kappa shape index (κ1) is 37.8. The van der Waals surface area contributed by atoms with Crippen LogP contribution in [0.5, 0.6) is 0 Å². The van der Waals surface area contributed by atoms with Crippen LogP contribution < -0.4 is 4.90 Å². The summed E-state index contributed by atoms with van der Waals surface area (Å²) in [7, 11) is 0. The minimum absolute atomic E-state index is 0.896. The Morgan fingerprint density at radius 3 is 1.29 bits per heavy atom. The fourth-order valence-electron chi connectivity index (χ4n) is 10.2. The molecule has 0 spiro atoms. The average Bonchev–Trinajstić information content (AvgIpc) is 3.78. The molecule has 12 aromatic carbocycles. The standard InChI is InChI=1S/C64H41NO/c1-3-12-54-44(10-1)24-26-48-28-30-50(40-59(48)54)42-20-22-46(23-21-42)56-14-5-7-17-61(56)65(53-38-34-47(35-39-53)57-16-9-19-63-64(57)58-15-6-8-18-62(58)66-63)52-36-32-43(33-37-52)51-31-29-49-27-25-45-11-2-4-13-55(45)60(49)41-51/h1-41H. The molecular formula is C64H41NO. The van der Waals surface area contributed by atoms with Crippen LogP contribution in [0, 0.1) is 0 Å². The van der Waals surface area contributed by atoms with Gasteiger partial charge in [-0.25, -0.2) is 0 Å². The number of benzene rings is 12. The predicted octanol–water partition coefficient (Wildman–Crippen LogP) is 18.3. The Labute approximate surface area is 382 Å². The zero-order valence-electron chi connectivity index (χ0n) is 36.0. The van der Waals surface area contributed by atoms with E-state index in [9.17, 15) is 0 Å². The van der Waals surface area contributed by atoms with E-state index in [4.69, 9.17) is 4.42 Å². The summed E-state index contributed by atoms with van der Waals surface area (Å²) in [6, 6.07) is 90.4. The van der Waals surface area contributed by atoms with Crippen LogP contribution in [0.2, 0.25) is 0 Å². The highest BCUT2D eigenvalue weighted by molar-refractivity contribution is 6.13. The summed E-state index contributed by atoms with van der Waals surface area (Å²) < 4.78 is 6.29. The summed E-state index contributed by atoms with van der Waals surface area (Å²) >= 11 is 0. The van der Waals surface area contributed by atoms with Crippen molar-refractivity contribution in [3.8, 4) is 44.5 Å². The van der Waals surface area contributed by atoms with Crippen LogP contribution in [-0.2, 0) is 0 Å². The van der Waals surface area contributed by atoms with Gasteiger partial charge in [0.25, 0.3) is 0 Å². The number of para-hydroxylation sites is 2. The Morgan fingerprint density at radius 1 is 0.258 bits per heavy atom. The molecule has 1 aromatic heterocycles. The predicted molar refractivity (Wildman–Crippen MR) is 280 cm³/mol. The summed E-state index contributed by atoms with van der Waals surface area (Å²) in [5.41, 5.74) is 14.4. The normalized spacial score (nSPS) is 11.6. The van der Waals surface area contributed by atoms with Crippen molar-refractivity contribution in [1.82, 2.24) is 0 Å². The quantitative estimate of drug-likeness (QED) is 0.149. The average molecular weight is 840 g/mol. The van der Waals surface area contributed by atoms with E-state index in [2.05, 4.69) is 241 Å². The molecule has 0 saturated carbocycles. The molecule has 0 N–H and O–H groups in total. The number of anilines is 3. The Morgan fingerprint density at radius 2 is 0.667 bits per heavy atom. The summed E-state index contributed by atoms with van der Waals surface area (Å²) in [4.78, 5) is 2.40. The molecule has 0 amide bonds. The van der Waals surface area contributed by atoms with Gasteiger partial charge in [-0.15, -0.1) is 0 Å². The first-order chi connectivity index (χ1) is 32.7. The molecule has 0 radical (unpaired) electrons. The lowest BCUT2D eigenvalue weighted by molar-refractivity contribution is 0.669. The zero-order chi connectivity index (χ0) is 43.6. The van der Waals surface area contributed by atoms with Gasteiger partial charge in [-0.3, -0.25) is 0 Å². The van der Waals surface area contributed by atoms with E-state index in [1.807, 2.05) is 12.1 Å². The van der Waals surface area contributed by atoms with E-state index in [0.29, 0.717) is 0 Å². The lowest BCUT2D eigenvalue weighted by atomic mass is 9.95. The third-order valence-electron chi connectivity index (χ3n) is 13.5. The lowest BCUT2D eigenvalue weighted by Gasteiger charge is -2.28. The molecule has 0 aliphatic carbocycles. The molecule has 13 rings (SSSR count). The second kappa shape index (κ2) is 15.5. The van der Waals surface area contributed by atoms with Gasteiger partial charge in [-0.2, -0.15) is 0 Å². The largest absolute Gasteiger partial charge is 0.456 e. The Hall–Kier alpha value is -8.72. The molecule has 0 fully saturated rings. The maximum Gasteiger partial charge on any atom is 0.136 e. The summed E-state index contributed by atoms with van der Waals surface area (Å²) in [6.07, 6.45) is 0. The van der Waals surface area contributed by atoms with Crippen molar-refractivity contribution in [3.63, 3.8) is 0 Å². The lowest BCUT2D eigenvalue weighted by Crippen LogP contribution is -2.11. The van der Waals surface area contributed by atoms with E-state index in [1.165, 1.54) is 65.3 Å². The second-order valence-electron chi connectivity index (χ2n) is 17.2. The maximum atomic E-state index is 6.29. The van der Waals surface area contributed by atoms with E-state index in [-0.39, 0.29) is 0 Å². The van der Waals surface area contributed by atoms with Crippen molar-refractivity contribution in [2.75, 3.05) is 4.90 Å². The molecule has 2 heteroatoms. The SMILES string of the molecule is c1ccc(N(c2ccc(-c3ccc4ccc5ccccc5c4c3)cc2)c2ccc(-c3cccc4oc5ccccc5c34)cc2)c(-c2ccc(-c3ccc4ccc5ccccc5c4c3)cc2)c1. The minimum atomic E-state index is 0.896. The minimum Gasteiger partial charge on any atom is -0.456 e. The highest BCUT2D eigenvalue weighted by atomic mass is 16.3. The third kappa shape index (κ3) is 6.42. The van der Waals surface area contributed by atoms with Crippen molar-refractivity contribution in [1.29, 1.82) is 0 Å². The summed E-state index contributed by atoms with van der Waals surface area (Å²) in [5, 5.41) is 12.4. The molecule has 66 heavy (non-hydrogen) atoms. The highest BCUT2D eigenvalue weighted by Crippen LogP contribution is 2.44. The van der Waals surface area contributed by atoms with E-state index >= 15 is 0 Å². The van der Waals surface area contributed by atoms with E-state index in [1.54, 1.807) is 0 Å². The summed E-state index contributed by atoms with van der Waals surface area (Å²) in [6.45, 7) is 0. The Balaban J connectivity index is 0.909. The number of hydrogen-bond acceptors (Lipinski definition) is 2. The van der Waals surface area contributed by atoms with E-state index < -0.39 is 0 Å². The highest BCUT2D eigenvalue weighted by Gasteiger charge is 2.19. The zero-order valence-corrected chi connectivity index (χ0v) is 36.0. The molecule has 0 saturated heterocycles. The number of furan rings is 1. The molecule has 0 atom stereocenters. The van der Waals surface area contributed by atoms with Crippen LogP contribution in [0.3, 0.4) is 0 Å². The van der Waals surface area contributed by atoms with Crippen molar-refractivity contribution < 1.29 is 4.42 Å². The smallest absolute Gasteiger partial charge is 0.136 e. The van der Waals surface area contributed by atoms with Gasteiger partial charge in [0.05, 0.1) is 5.69 Å². The van der Waals surface area contributed by atoms with Crippen LogP contribution in [0.25, 0.3) is 110 Å². The van der Waals surface area contributed by atoms with Gasteiger partial charge in [-0.1, -0.05) is 194 Å². The first-order valence-corrected chi connectivity index (χ1v) is 22.6. The molecule has 0 aliphatic rings. The molecule has 0 unspecified atom stereocenters. The second-order valence-corrected chi connectivity index (χ2v) is 17.2. The molecule has 0 aliphatic heterocycles. The molecular weight excluding hydrogens is 799 g/mol. The molecule has 308 valence electrons. The molecule has 0 bridgehead atoms. The van der Waals surface area contributed by atoms with Gasteiger partial charge < -0.3 is 9.32 Å². The van der Waals surface area contributed by atoms with Gasteiger partial charge in [0.2, 0.25) is 0 Å². The monoisotopic (exact) mass is 839 g/mol. The maximum absolute atomic E-state index is 6.29. The van der Waals surface area contributed by atoms with Crippen LogP contribution >= 0.6 is 0 Å². The van der Waals surface area contributed by atoms with Crippen LogP contribution in [-0.4, -0.2) is 0 Å². The van der Waals surface area contributed by atoms with Gasteiger partial charge in [0.15, 0.2) is 0 Å². The first-order valence-electron chi connectivity index (χ1n) is 22.6. The topological polar surface area (TPSA) is 16.4 Å². The van der Waals surface area contributed by atoms with Crippen molar-refractivity contribution in [3.05, 3.63) is 249 Å². The fraction of sp³-hybridized carbons (Fsp3) is 0. The Kier molecular flexibility index (Phi) is 8.89. The summed E-state index contributed by atoms with van der Waals surface area (Å²) in [5.74, 6) is 0.